The average Bonchev–Trinajstić information content (AvgIpc) is 3.25. The number of fused-ring (bicyclic) bond motifs is 1. The lowest BCUT2D eigenvalue weighted by molar-refractivity contribution is -0.141. The number of aryl methyl sites for hydroxylation is 1. The van der Waals surface area contributed by atoms with Gasteiger partial charge in [0.15, 0.2) is 11.6 Å². The summed E-state index contributed by atoms with van der Waals surface area (Å²) in [4.78, 5) is 11.7. The number of ether oxygens (including phenoxy) is 3. The monoisotopic (exact) mass is 448 g/mol. The molecule has 0 saturated heterocycles. The highest BCUT2D eigenvalue weighted by Crippen LogP contribution is 2.39. The van der Waals surface area contributed by atoms with Crippen LogP contribution in [0.1, 0.15) is 54.9 Å². The summed E-state index contributed by atoms with van der Waals surface area (Å²) < 4.78 is 30.9. The third-order valence-electron chi connectivity index (χ3n) is 6.42. The zero-order chi connectivity index (χ0) is 23.4. The fourth-order valence-electron chi connectivity index (χ4n) is 4.53. The van der Waals surface area contributed by atoms with Crippen LogP contribution in [0.25, 0.3) is 11.1 Å². The summed E-state index contributed by atoms with van der Waals surface area (Å²) in [5.41, 5.74) is 4.80. The number of hydrogen-bond acceptors (Lipinski definition) is 4. The molecule has 4 rings (SSSR count). The first kappa shape index (κ1) is 22.8. The minimum absolute atomic E-state index is 0.0351. The fourth-order valence-corrected chi connectivity index (χ4v) is 4.53. The normalized spacial score (nSPS) is 15.6. The Morgan fingerprint density at radius 2 is 1.88 bits per heavy atom. The van der Waals surface area contributed by atoms with Crippen molar-refractivity contribution < 1.29 is 23.4 Å². The van der Waals surface area contributed by atoms with Crippen molar-refractivity contribution in [3.05, 3.63) is 83.2 Å². The van der Waals surface area contributed by atoms with Crippen molar-refractivity contribution in [3.63, 3.8) is 0 Å². The van der Waals surface area contributed by atoms with Gasteiger partial charge in [0.05, 0.1) is 20.6 Å². The smallest absolute Gasteiger partial charge is 0.306 e. The fraction of sp³-hybridized carbons (Fsp3) is 0.321. The highest BCUT2D eigenvalue weighted by atomic mass is 19.1. The molecule has 5 heteroatoms. The van der Waals surface area contributed by atoms with E-state index < -0.39 is 0 Å². The Morgan fingerprint density at radius 1 is 1.09 bits per heavy atom. The van der Waals surface area contributed by atoms with E-state index in [0.717, 1.165) is 41.7 Å². The van der Waals surface area contributed by atoms with Crippen LogP contribution in [0.5, 0.6) is 11.5 Å². The lowest BCUT2D eigenvalue weighted by Crippen LogP contribution is -2.08. The molecule has 1 aliphatic rings. The molecule has 0 amide bonds. The molecule has 3 aromatic carbocycles. The minimum atomic E-state index is -0.344. The Balaban J connectivity index is 1.49. The maximum absolute atomic E-state index is 14.7. The zero-order valence-electron chi connectivity index (χ0n) is 19.3. The third-order valence-corrected chi connectivity index (χ3v) is 6.42. The van der Waals surface area contributed by atoms with Gasteiger partial charge in [0.2, 0.25) is 0 Å². The lowest BCUT2D eigenvalue weighted by Gasteiger charge is -2.18. The molecule has 2 atom stereocenters. The number of halogens is 1. The molecule has 172 valence electrons. The number of methoxy groups -OCH3 is 2. The molecular weight excluding hydrogens is 419 g/mol. The van der Waals surface area contributed by atoms with E-state index in [1.165, 1.54) is 19.8 Å². The molecule has 0 N–H and O–H groups in total. The van der Waals surface area contributed by atoms with Gasteiger partial charge < -0.3 is 14.2 Å². The largest absolute Gasteiger partial charge is 0.494 e. The first-order valence-corrected chi connectivity index (χ1v) is 11.3. The van der Waals surface area contributed by atoms with Crippen LogP contribution in [-0.4, -0.2) is 20.2 Å². The van der Waals surface area contributed by atoms with Crippen molar-refractivity contribution in [2.24, 2.45) is 0 Å². The molecule has 0 heterocycles. The second-order valence-corrected chi connectivity index (χ2v) is 8.34. The van der Waals surface area contributed by atoms with Crippen molar-refractivity contribution in [1.29, 1.82) is 0 Å². The summed E-state index contributed by atoms with van der Waals surface area (Å²) in [6.45, 7) is 2.07. The molecule has 0 aliphatic heterocycles. The van der Waals surface area contributed by atoms with Gasteiger partial charge in [0.1, 0.15) is 11.9 Å². The van der Waals surface area contributed by atoms with Crippen LogP contribution in [0.2, 0.25) is 0 Å². The van der Waals surface area contributed by atoms with Gasteiger partial charge >= 0.3 is 5.97 Å². The number of hydrogen-bond donors (Lipinski definition) is 0. The molecule has 1 aliphatic carbocycles. The van der Waals surface area contributed by atoms with Crippen LogP contribution in [0.15, 0.2) is 60.7 Å². The summed E-state index contributed by atoms with van der Waals surface area (Å²) in [5, 5.41) is 0. The maximum atomic E-state index is 14.7. The number of carbonyl (C=O) groups is 1. The van der Waals surface area contributed by atoms with E-state index >= 15 is 0 Å². The molecule has 0 bridgehead atoms. The van der Waals surface area contributed by atoms with Crippen LogP contribution >= 0.6 is 0 Å². The Bertz CT molecular complexity index is 1120. The first-order chi connectivity index (χ1) is 16.0. The standard InChI is InChI=1S/C28H29FO4/c1-4-18(17-27(30)32-3)19-8-12-22(13-9-19)33-25-15-11-20-16-21(10-14-23(20)25)24-6-5-7-26(31-2)28(24)29/h5-10,12-14,16,18,25H,4,11,15,17H2,1-3H3/t18-,25?/m1/s1. The van der Waals surface area contributed by atoms with Gasteiger partial charge in [-0.2, -0.15) is 0 Å². The van der Waals surface area contributed by atoms with Crippen LogP contribution < -0.4 is 9.47 Å². The van der Waals surface area contributed by atoms with Gasteiger partial charge in [-0.05, 0) is 65.6 Å². The van der Waals surface area contributed by atoms with Crippen LogP contribution in [0.4, 0.5) is 4.39 Å². The molecule has 1 unspecified atom stereocenters. The van der Waals surface area contributed by atoms with Gasteiger partial charge in [-0.15, -0.1) is 0 Å². The number of rotatable bonds is 8. The van der Waals surface area contributed by atoms with Crippen molar-refractivity contribution in [2.45, 2.75) is 44.6 Å². The summed E-state index contributed by atoms with van der Waals surface area (Å²) in [6.07, 6.45) is 2.96. The maximum Gasteiger partial charge on any atom is 0.306 e. The summed E-state index contributed by atoms with van der Waals surface area (Å²) >= 11 is 0. The average molecular weight is 449 g/mol. The van der Waals surface area contributed by atoms with Crippen LogP contribution in [0.3, 0.4) is 0 Å². The van der Waals surface area contributed by atoms with Gasteiger partial charge in [-0.1, -0.05) is 49.4 Å². The molecule has 3 aromatic rings. The third kappa shape index (κ3) is 4.87. The minimum Gasteiger partial charge on any atom is -0.494 e. The summed E-state index contributed by atoms with van der Waals surface area (Å²) in [5.74, 6) is 0.637. The Kier molecular flexibility index (Phi) is 6.97. The quantitative estimate of drug-likeness (QED) is 0.363. The van der Waals surface area contributed by atoms with E-state index in [1.807, 2.05) is 36.4 Å². The predicted molar refractivity (Wildman–Crippen MR) is 126 cm³/mol. The van der Waals surface area contributed by atoms with Crippen molar-refractivity contribution in [2.75, 3.05) is 14.2 Å². The molecule has 0 spiro atoms. The topological polar surface area (TPSA) is 44.8 Å². The highest BCUT2D eigenvalue weighted by Gasteiger charge is 2.25. The SMILES string of the molecule is CC[C@H](CC(=O)OC)c1ccc(OC2CCc3cc(-c4cccc(OC)c4F)ccc32)cc1. The Morgan fingerprint density at radius 3 is 2.58 bits per heavy atom. The van der Waals surface area contributed by atoms with E-state index in [1.54, 1.807) is 18.2 Å². The predicted octanol–water partition coefficient (Wildman–Crippen LogP) is 6.62. The van der Waals surface area contributed by atoms with Gasteiger partial charge in [-0.3, -0.25) is 4.79 Å². The molecule has 33 heavy (non-hydrogen) atoms. The highest BCUT2D eigenvalue weighted by molar-refractivity contribution is 5.70. The van der Waals surface area contributed by atoms with Gasteiger partial charge in [0, 0.05) is 5.56 Å². The van der Waals surface area contributed by atoms with E-state index in [9.17, 15) is 9.18 Å². The summed E-state index contributed by atoms with van der Waals surface area (Å²) in [7, 11) is 2.89. The van der Waals surface area contributed by atoms with E-state index in [4.69, 9.17) is 14.2 Å². The van der Waals surface area contributed by atoms with Crippen LogP contribution in [-0.2, 0) is 16.0 Å². The van der Waals surface area contributed by atoms with Crippen molar-refractivity contribution in [3.8, 4) is 22.6 Å². The molecular formula is C28H29FO4. The Labute approximate surface area is 194 Å². The molecule has 4 nitrogen and oxygen atoms in total. The first-order valence-electron chi connectivity index (χ1n) is 11.3. The lowest BCUT2D eigenvalue weighted by atomic mass is 9.93. The van der Waals surface area contributed by atoms with Gasteiger partial charge in [0.25, 0.3) is 0 Å². The molecule has 0 saturated carbocycles. The molecule has 0 radical (unpaired) electrons. The second kappa shape index (κ2) is 10.1. The van der Waals surface area contributed by atoms with Gasteiger partial charge in [-0.25, -0.2) is 4.39 Å². The van der Waals surface area contributed by atoms with Crippen molar-refractivity contribution in [1.82, 2.24) is 0 Å². The van der Waals surface area contributed by atoms with E-state index in [-0.39, 0.29) is 29.6 Å². The summed E-state index contributed by atoms with van der Waals surface area (Å²) in [6, 6.07) is 19.2. The molecule has 0 aromatic heterocycles. The van der Waals surface area contributed by atoms with Crippen LogP contribution in [0, 0.1) is 5.82 Å². The number of carbonyl (C=O) groups excluding carboxylic acids is 1. The second-order valence-electron chi connectivity index (χ2n) is 8.34. The number of benzene rings is 3. The Hall–Kier alpha value is -3.34. The number of esters is 1. The molecule has 0 fully saturated rings. The van der Waals surface area contributed by atoms with Crippen molar-refractivity contribution >= 4 is 5.97 Å². The van der Waals surface area contributed by atoms with E-state index in [2.05, 4.69) is 13.0 Å². The van der Waals surface area contributed by atoms with E-state index in [0.29, 0.717) is 12.0 Å². The zero-order valence-corrected chi connectivity index (χ0v) is 19.3.